The van der Waals surface area contributed by atoms with Crippen molar-refractivity contribution in [3.63, 3.8) is 0 Å². The summed E-state index contributed by atoms with van der Waals surface area (Å²) in [5.41, 5.74) is 0.733. The largest absolute Gasteiger partial charge is 0.381 e. The molecule has 1 aromatic heterocycles. The SMILES string of the molecule is CCCn1nccc1C(=O)NCC1(CN2CCOCC2)CCOCC1. The zero-order valence-electron chi connectivity index (χ0n) is 15.2. The maximum absolute atomic E-state index is 12.6. The Morgan fingerprint density at radius 1 is 1.24 bits per heavy atom. The van der Waals surface area contributed by atoms with Crippen LogP contribution in [-0.4, -0.2) is 73.2 Å². The third-order valence-corrected chi connectivity index (χ3v) is 5.22. The van der Waals surface area contributed by atoms with E-state index in [4.69, 9.17) is 9.47 Å². The number of morpholine rings is 1. The first-order valence-corrected chi connectivity index (χ1v) is 9.40. The molecule has 7 heteroatoms. The van der Waals surface area contributed by atoms with Gasteiger partial charge in [0, 0.05) is 57.5 Å². The van der Waals surface area contributed by atoms with Crippen LogP contribution in [0.4, 0.5) is 0 Å². The lowest BCUT2D eigenvalue weighted by Crippen LogP contribution is -2.51. The molecule has 2 aliphatic heterocycles. The van der Waals surface area contributed by atoms with Gasteiger partial charge in [-0.25, -0.2) is 0 Å². The zero-order chi connectivity index (χ0) is 17.5. The lowest BCUT2D eigenvalue weighted by atomic mass is 9.79. The van der Waals surface area contributed by atoms with Gasteiger partial charge in [0.2, 0.25) is 0 Å². The molecule has 0 aliphatic carbocycles. The van der Waals surface area contributed by atoms with Crippen LogP contribution in [0.25, 0.3) is 0 Å². The monoisotopic (exact) mass is 350 g/mol. The molecule has 0 unspecified atom stereocenters. The standard InChI is InChI=1S/C18H30N4O3/c1-2-7-22-16(3-6-20-22)17(23)19-14-18(4-10-24-11-5-18)15-21-8-12-25-13-9-21/h3,6H,2,4-5,7-15H2,1H3,(H,19,23). The Morgan fingerprint density at radius 2 is 1.96 bits per heavy atom. The molecule has 0 aromatic carbocycles. The van der Waals surface area contributed by atoms with Crippen LogP contribution in [-0.2, 0) is 16.0 Å². The van der Waals surface area contributed by atoms with E-state index in [2.05, 4.69) is 22.2 Å². The van der Waals surface area contributed by atoms with E-state index in [1.165, 1.54) is 0 Å². The van der Waals surface area contributed by atoms with Crippen LogP contribution in [0, 0.1) is 5.41 Å². The quantitative estimate of drug-likeness (QED) is 0.799. The Hall–Kier alpha value is -1.44. The second-order valence-corrected chi connectivity index (χ2v) is 7.12. The Balaban J connectivity index is 1.61. The van der Waals surface area contributed by atoms with Crippen molar-refractivity contribution in [2.75, 3.05) is 52.6 Å². The van der Waals surface area contributed by atoms with Crippen molar-refractivity contribution >= 4 is 5.91 Å². The van der Waals surface area contributed by atoms with Crippen molar-refractivity contribution in [1.29, 1.82) is 0 Å². The Kier molecular flexibility index (Phi) is 6.45. The third-order valence-electron chi connectivity index (χ3n) is 5.22. The molecule has 2 aliphatic rings. The number of hydrogen-bond acceptors (Lipinski definition) is 5. The van der Waals surface area contributed by atoms with Gasteiger partial charge in [0.05, 0.1) is 13.2 Å². The number of hydrogen-bond donors (Lipinski definition) is 1. The van der Waals surface area contributed by atoms with Crippen molar-refractivity contribution in [2.24, 2.45) is 5.41 Å². The number of carbonyl (C=O) groups is 1. The first kappa shape index (κ1) is 18.4. The first-order chi connectivity index (χ1) is 12.2. The van der Waals surface area contributed by atoms with Crippen LogP contribution in [0.3, 0.4) is 0 Å². The molecule has 3 rings (SSSR count). The first-order valence-electron chi connectivity index (χ1n) is 9.40. The maximum atomic E-state index is 12.6. The zero-order valence-corrected chi connectivity index (χ0v) is 15.2. The number of nitrogens with one attached hydrogen (secondary N) is 1. The average Bonchev–Trinajstić information content (AvgIpc) is 3.10. The minimum Gasteiger partial charge on any atom is -0.381 e. The molecule has 0 radical (unpaired) electrons. The number of aryl methyl sites for hydroxylation is 1. The summed E-state index contributed by atoms with van der Waals surface area (Å²) in [4.78, 5) is 15.1. The van der Waals surface area contributed by atoms with Gasteiger partial charge in [-0.15, -0.1) is 0 Å². The average molecular weight is 350 g/mol. The summed E-state index contributed by atoms with van der Waals surface area (Å²) in [6.07, 6.45) is 4.63. The van der Waals surface area contributed by atoms with E-state index in [9.17, 15) is 4.79 Å². The number of rotatable bonds is 7. The highest BCUT2D eigenvalue weighted by Gasteiger charge is 2.35. The molecule has 0 saturated carbocycles. The predicted molar refractivity (Wildman–Crippen MR) is 94.6 cm³/mol. The number of ether oxygens (including phenoxy) is 2. The van der Waals surface area contributed by atoms with Crippen LogP contribution >= 0.6 is 0 Å². The van der Waals surface area contributed by atoms with Crippen LogP contribution in [0.15, 0.2) is 12.3 Å². The highest BCUT2D eigenvalue weighted by Crippen LogP contribution is 2.31. The lowest BCUT2D eigenvalue weighted by molar-refractivity contribution is -0.0283. The molecule has 0 bridgehead atoms. The molecule has 1 amide bonds. The summed E-state index contributed by atoms with van der Waals surface area (Å²) in [5, 5.41) is 7.42. The van der Waals surface area contributed by atoms with E-state index >= 15 is 0 Å². The maximum Gasteiger partial charge on any atom is 0.269 e. The van der Waals surface area contributed by atoms with E-state index in [-0.39, 0.29) is 11.3 Å². The van der Waals surface area contributed by atoms with Crippen molar-refractivity contribution in [3.8, 4) is 0 Å². The van der Waals surface area contributed by atoms with Gasteiger partial charge in [0.15, 0.2) is 0 Å². The van der Waals surface area contributed by atoms with Gasteiger partial charge in [0.25, 0.3) is 5.91 Å². The van der Waals surface area contributed by atoms with Gasteiger partial charge >= 0.3 is 0 Å². The number of carbonyl (C=O) groups excluding carboxylic acids is 1. The fraction of sp³-hybridized carbons (Fsp3) is 0.778. The molecule has 2 saturated heterocycles. The highest BCUT2D eigenvalue weighted by atomic mass is 16.5. The molecular weight excluding hydrogens is 320 g/mol. The van der Waals surface area contributed by atoms with Gasteiger partial charge in [-0.3, -0.25) is 14.4 Å². The van der Waals surface area contributed by atoms with E-state index in [0.717, 1.165) is 71.9 Å². The minimum atomic E-state index is -0.0289. The van der Waals surface area contributed by atoms with Gasteiger partial charge in [-0.1, -0.05) is 6.92 Å². The molecular formula is C18H30N4O3. The summed E-state index contributed by atoms with van der Waals surface area (Å²) in [6, 6.07) is 1.80. The van der Waals surface area contributed by atoms with Crippen LogP contribution in [0.5, 0.6) is 0 Å². The van der Waals surface area contributed by atoms with Crippen LogP contribution < -0.4 is 5.32 Å². The minimum absolute atomic E-state index is 0.0289. The normalized spacial score (nSPS) is 21.2. The van der Waals surface area contributed by atoms with E-state index in [0.29, 0.717) is 12.2 Å². The number of amides is 1. The van der Waals surface area contributed by atoms with Gasteiger partial charge in [0.1, 0.15) is 5.69 Å². The van der Waals surface area contributed by atoms with Gasteiger partial charge < -0.3 is 14.8 Å². The topological polar surface area (TPSA) is 68.6 Å². The second kappa shape index (κ2) is 8.78. The van der Waals surface area contributed by atoms with Crippen LogP contribution in [0.1, 0.15) is 36.7 Å². The molecule has 1 aromatic rings. The smallest absolute Gasteiger partial charge is 0.269 e. The molecule has 0 atom stereocenters. The molecule has 0 spiro atoms. The second-order valence-electron chi connectivity index (χ2n) is 7.12. The Morgan fingerprint density at radius 3 is 2.68 bits per heavy atom. The summed E-state index contributed by atoms with van der Waals surface area (Å²) in [5.74, 6) is -0.0289. The van der Waals surface area contributed by atoms with Crippen LogP contribution in [0.2, 0.25) is 0 Å². The summed E-state index contributed by atoms with van der Waals surface area (Å²) < 4.78 is 12.8. The van der Waals surface area contributed by atoms with E-state index in [1.54, 1.807) is 16.9 Å². The van der Waals surface area contributed by atoms with Crippen molar-refractivity contribution < 1.29 is 14.3 Å². The molecule has 140 valence electrons. The highest BCUT2D eigenvalue weighted by molar-refractivity contribution is 5.92. The molecule has 25 heavy (non-hydrogen) atoms. The Labute approximate surface area is 149 Å². The number of nitrogens with zero attached hydrogens (tertiary/aromatic N) is 3. The van der Waals surface area contributed by atoms with Gasteiger partial charge in [-0.05, 0) is 25.3 Å². The summed E-state index contributed by atoms with van der Waals surface area (Å²) in [7, 11) is 0. The van der Waals surface area contributed by atoms with Gasteiger partial charge in [-0.2, -0.15) is 5.10 Å². The van der Waals surface area contributed by atoms with Crippen molar-refractivity contribution in [1.82, 2.24) is 20.0 Å². The molecule has 1 N–H and O–H groups in total. The number of aromatic nitrogens is 2. The van der Waals surface area contributed by atoms with E-state index < -0.39 is 0 Å². The molecule has 2 fully saturated rings. The van der Waals surface area contributed by atoms with Crippen molar-refractivity contribution in [3.05, 3.63) is 18.0 Å². The fourth-order valence-corrected chi connectivity index (χ4v) is 3.70. The molecule has 7 nitrogen and oxygen atoms in total. The third kappa shape index (κ3) is 4.80. The lowest BCUT2D eigenvalue weighted by Gasteiger charge is -2.42. The summed E-state index contributed by atoms with van der Waals surface area (Å²) in [6.45, 7) is 9.62. The predicted octanol–water partition coefficient (Wildman–Crippen LogP) is 1.15. The summed E-state index contributed by atoms with van der Waals surface area (Å²) >= 11 is 0. The molecule has 3 heterocycles. The fourth-order valence-electron chi connectivity index (χ4n) is 3.70. The Bertz CT molecular complexity index is 548. The van der Waals surface area contributed by atoms with E-state index in [1.807, 2.05) is 0 Å². The van der Waals surface area contributed by atoms with Crippen molar-refractivity contribution in [2.45, 2.75) is 32.7 Å².